The number of anilines is 2. The van der Waals surface area contributed by atoms with E-state index in [0.717, 1.165) is 56.5 Å². The van der Waals surface area contributed by atoms with Crippen LogP contribution in [0, 0.1) is 0 Å². The highest BCUT2D eigenvalue weighted by Gasteiger charge is 2.36. The van der Waals surface area contributed by atoms with Crippen LogP contribution in [0.2, 0.25) is 0 Å². The van der Waals surface area contributed by atoms with E-state index < -0.39 is 12.2 Å². The number of ether oxygens (including phenoxy) is 4. The molecule has 1 aromatic carbocycles. The molecule has 6 aliphatic rings. The topological polar surface area (TPSA) is 166 Å². The lowest BCUT2D eigenvalue weighted by Gasteiger charge is -2.36. The highest BCUT2D eigenvalue weighted by atomic mass is 19.1. The van der Waals surface area contributed by atoms with Gasteiger partial charge in [-0.05, 0) is 75.1 Å². The van der Waals surface area contributed by atoms with Crippen LogP contribution in [-0.4, -0.2) is 86.7 Å². The van der Waals surface area contributed by atoms with Crippen molar-refractivity contribution in [3.05, 3.63) is 71.6 Å². The maximum absolute atomic E-state index is 14.1. The highest BCUT2D eigenvalue weighted by molar-refractivity contribution is 5.95. The zero-order valence-corrected chi connectivity index (χ0v) is 31.7. The monoisotopic (exact) mass is 786 g/mol. The Labute approximate surface area is 332 Å². The van der Waals surface area contributed by atoms with Gasteiger partial charge >= 0.3 is 6.01 Å². The van der Waals surface area contributed by atoms with Crippen molar-refractivity contribution in [1.82, 2.24) is 30.0 Å². The van der Waals surface area contributed by atoms with Crippen molar-refractivity contribution in [3.63, 3.8) is 0 Å². The van der Waals surface area contributed by atoms with Gasteiger partial charge in [0.2, 0.25) is 31.3 Å². The number of nitrogens with one attached hydrogen (secondary N) is 2. The summed E-state index contributed by atoms with van der Waals surface area (Å²) < 4.78 is 41.7. The Balaban J connectivity index is 0.000000173. The minimum absolute atomic E-state index is 0. The number of carbonyl (C=O) groups is 2. The van der Waals surface area contributed by atoms with E-state index in [0.29, 0.717) is 72.5 Å². The fourth-order valence-electron chi connectivity index (χ4n) is 7.93. The van der Waals surface area contributed by atoms with Crippen molar-refractivity contribution in [3.8, 4) is 23.0 Å². The molecule has 304 valence electrons. The van der Waals surface area contributed by atoms with E-state index in [2.05, 4.69) is 47.8 Å². The number of hydrogen-bond donors (Lipinski definition) is 2. The van der Waals surface area contributed by atoms with Gasteiger partial charge in [0.05, 0.1) is 12.1 Å². The van der Waals surface area contributed by atoms with Gasteiger partial charge in [0.25, 0.3) is 0 Å². The van der Waals surface area contributed by atoms with E-state index in [1.807, 2.05) is 17.0 Å². The zero-order valence-electron chi connectivity index (χ0n) is 31.7. The van der Waals surface area contributed by atoms with E-state index in [4.69, 9.17) is 23.4 Å². The zero-order chi connectivity index (χ0) is 38.7. The summed E-state index contributed by atoms with van der Waals surface area (Å²) in [7, 11) is 0. The summed E-state index contributed by atoms with van der Waals surface area (Å²) in [5.74, 6) is 4.02. The fraction of sp³-hybridized carbons (Fsp3) is 0.512. The second-order valence-corrected chi connectivity index (χ2v) is 15.5. The van der Waals surface area contributed by atoms with Gasteiger partial charge in [-0.2, -0.15) is 0 Å². The summed E-state index contributed by atoms with van der Waals surface area (Å²) in [4.78, 5) is 39.0. The maximum atomic E-state index is 14.1. The van der Waals surface area contributed by atoms with Crippen molar-refractivity contribution >= 4 is 23.5 Å². The van der Waals surface area contributed by atoms with Crippen LogP contribution >= 0.6 is 0 Å². The Kier molecular flexibility index (Phi) is 10.9. The SMILES string of the molecule is O=C(Nc1ccc(C2CC2)cc1)[C@H]1C[C@H](F)CCN1Cc1nccc2c1OCO2.O=C(Nc1nnc(C2CC2)o1)[C@H]1CCCCCN1Cc1nccc2c1OCO2.[HH].[HH]. The van der Waals surface area contributed by atoms with Gasteiger partial charge in [0.1, 0.15) is 17.6 Å². The largest absolute Gasteiger partial charge is 0.453 e. The molecular weight excluding hydrogens is 735 g/mol. The number of likely N-dealkylation sites (tertiary alicyclic amines) is 2. The number of alkyl halides is 1. The number of piperidine rings is 1. The van der Waals surface area contributed by atoms with Crippen LogP contribution in [-0.2, 0) is 22.7 Å². The van der Waals surface area contributed by atoms with Gasteiger partial charge in [-0.15, -0.1) is 5.10 Å². The van der Waals surface area contributed by atoms with Gasteiger partial charge in [-0.3, -0.25) is 34.7 Å². The van der Waals surface area contributed by atoms with Crippen molar-refractivity contribution in [2.75, 3.05) is 37.3 Å². The van der Waals surface area contributed by atoms with E-state index >= 15 is 0 Å². The molecule has 3 atom stereocenters. The third-order valence-corrected chi connectivity index (χ3v) is 11.4. The third kappa shape index (κ3) is 8.81. The van der Waals surface area contributed by atoms with Crippen LogP contribution in [0.25, 0.3) is 0 Å². The lowest BCUT2D eigenvalue weighted by atomic mass is 9.99. The van der Waals surface area contributed by atoms with Crippen molar-refractivity contribution in [2.45, 2.75) is 107 Å². The molecule has 57 heavy (non-hydrogen) atoms. The Bertz CT molecular complexity index is 2070. The van der Waals surface area contributed by atoms with Crippen LogP contribution in [0.15, 0.2) is 53.2 Å². The molecule has 0 unspecified atom stereocenters. The molecule has 2 aliphatic carbocycles. The standard InChI is InChI=1S/C22H24FN3O3.C19H23N5O4.2H2/c23-16-8-10-26(12-18-21-20(7-9-24-18)28-13-29-21)19(11-16)22(27)25-17-5-3-15(4-6-17)14-1-2-14;25-17(21-19-23-22-18(28-19)12-5-6-12)14-4-2-1-3-9-24(14)10-13-16-15(7-8-20-13)26-11-27-16;;/h3-7,9,14,16,19H,1-2,8,10-13H2,(H,25,27);7-8,12,14H,1-6,9-11H2,(H,21,23,25);2*1H/t16-,19-;14-;;/m11../s1. The summed E-state index contributed by atoms with van der Waals surface area (Å²) >= 11 is 0. The molecule has 4 aromatic rings. The van der Waals surface area contributed by atoms with Crippen LogP contribution in [0.5, 0.6) is 23.0 Å². The molecule has 2 amide bonds. The molecular formula is C41H51FN8O7. The maximum Gasteiger partial charge on any atom is 0.322 e. The molecule has 4 fully saturated rings. The van der Waals surface area contributed by atoms with E-state index in [9.17, 15) is 14.0 Å². The first kappa shape index (κ1) is 37.2. The summed E-state index contributed by atoms with van der Waals surface area (Å²) in [6, 6.07) is 10.9. The molecule has 4 aliphatic heterocycles. The molecule has 0 spiro atoms. The lowest BCUT2D eigenvalue weighted by Crippen LogP contribution is -2.49. The van der Waals surface area contributed by atoms with Crippen LogP contribution < -0.4 is 29.6 Å². The number of nitrogens with zero attached hydrogens (tertiary/aromatic N) is 6. The predicted octanol–water partition coefficient (Wildman–Crippen LogP) is 6.57. The van der Waals surface area contributed by atoms with Gasteiger partial charge in [-0.1, -0.05) is 30.1 Å². The van der Waals surface area contributed by atoms with Crippen LogP contribution in [0.1, 0.15) is 102 Å². The van der Waals surface area contributed by atoms with E-state index in [1.54, 1.807) is 24.5 Å². The first-order valence-corrected chi connectivity index (χ1v) is 20.1. The summed E-state index contributed by atoms with van der Waals surface area (Å²) in [5.41, 5.74) is 3.57. The average Bonchev–Trinajstić information content (AvgIpc) is 4.12. The number of pyridine rings is 2. The minimum atomic E-state index is -0.978. The first-order valence-electron chi connectivity index (χ1n) is 20.1. The normalized spacial score (nSPS) is 22.9. The van der Waals surface area contributed by atoms with Crippen molar-refractivity contribution in [2.24, 2.45) is 0 Å². The summed E-state index contributed by atoms with van der Waals surface area (Å²) in [5, 5.41) is 13.8. The third-order valence-electron chi connectivity index (χ3n) is 11.4. The second-order valence-electron chi connectivity index (χ2n) is 15.5. The van der Waals surface area contributed by atoms with E-state index in [1.165, 1.54) is 18.4 Å². The second kappa shape index (κ2) is 16.6. The average molecular weight is 787 g/mol. The predicted molar refractivity (Wildman–Crippen MR) is 208 cm³/mol. The smallest absolute Gasteiger partial charge is 0.322 e. The molecule has 15 nitrogen and oxygen atoms in total. The number of rotatable bonds is 10. The highest BCUT2D eigenvalue weighted by Crippen LogP contribution is 2.41. The Morgan fingerprint density at radius 3 is 2.02 bits per heavy atom. The fourth-order valence-corrected chi connectivity index (χ4v) is 7.93. The van der Waals surface area contributed by atoms with E-state index in [-0.39, 0.29) is 46.7 Å². The number of benzene rings is 1. The summed E-state index contributed by atoms with van der Waals surface area (Å²) in [6.45, 7) is 2.63. The Morgan fingerprint density at radius 1 is 0.702 bits per heavy atom. The number of amides is 2. The molecule has 16 heteroatoms. The van der Waals surface area contributed by atoms with Gasteiger partial charge in [0.15, 0.2) is 23.0 Å². The number of aromatic nitrogens is 4. The first-order chi connectivity index (χ1) is 27.9. The Morgan fingerprint density at radius 2 is 1.35 bits per heavy atom. The molecule has 2 saturated heterocycles. The number of fused-ring (bicyclic) bond motifs is 2. The lowest BCUT2D eigenvalue weighted by molar-refractivity contribution is -0.124. The number of halogens is 1. The molecule has 0 bridgehead atoms. The van der Waals surface area contributed by atoms with Gasteiger partial charge in [-0.25, -0.2) is 4.39 Å². The number of hydrogen-bond acceptors (Lipinski definition) is 13. The number of carbonyl (C=O) groups excluding carboxylic acids is 2. The van der Waals surface area contributed by atoms with Crippen LogP contribution in [0.3, 0.4) is 0 Å². The molecule has 3 aromatic heterocycles. The van der Waals surface area contributed by atoms with Crippen molar-refractivity contribution in [1.29, 1.82) is 0 Å². The molecule has 7 heterocycles. The molecule has 0 radical (unpaired) electrons. The van der Waals surface area contributed by atoms with Gasteiger partial charge < -0.3 is 28.7 Å². The van der Waals surface area contributed by atoms with Crippen molar-refractivity contribution < 1.29 is 40.2 Å². The Hall–Kier alpha value is -5.35. The minimum Gasteiger partial charge on any atom is -0.453 e. The summed E-state index contributed by atoms with van der Waals surface area (Å²) in [6.07, 6.45) is 11.6. The van der Waals surface area contributed by atoms with Crippen LogP contribution in [0.4, 0.5) is 16.1 Å². The molecule has 10 rings (SSSR count). The molecule has 2 N–H and O–H groups in total. The quantitative estimate of drug-likeness (QED) is 0.177. The van der Waals surface area contributed by atoms with Gasteiger partial charge in [0, 0.05) is 65.0 Å². The molecule has 2 saturated carbocycles.